The van der Waals surface area contributed by atoms with Gasteiger partial charge in [-0.25, -0.2) is 19.6 Å². The van der Waals surface area contributed by atoms with Gasteiger partial charge in [0, 0.05) is 36.4 Å². The lowest BCUT2D eigenvalue weighted by Crippen LogP contribution is -2.33. The molecular weight excluding hydrogens is 626 g/mol. The topological polar surface area (TPSA) is 167 Å². The third-order valence-corrected chi connectivity index (χ3v) is 4.66. The normalized spacial score (nSPS) is 12.0. The Morgan fingerprint density at radius 2 is 1.62 bits per heavy atom. The number of pyridine rings is 1. The standard InChI is InChI=1S/C18H21BrN4O3.2C2HF3O2/c1-25-7-6-20-10-14(24)11-26-15-4-2-12(3-5-15)17-22-16-8-13(19)9-21-18(16)23-17;2*3-2(4,5)1(6)7/h2-5,8-9,14,20,24H,6-7,10-11H2,1H3,(H,21,22,23);2*(H,6,7). The average Bonchev–Trinajstić information content (AvgIpc) is 3.28. The fourth-order valence-electron chi connectivity index (χ4n) is 2.41. The number of methoxy groups -OCH3 is 1. The van der Waals surface area contributed by atoms with E-state index in [0.717, 1.165) is 27.0 Å². The van der Waals surface area contributed by atoms with Gasteiger partial charge in [0.25, 0.3) is 0 Å². The molecule has 3 rings (SSSR count). The minimum absolute atomic E-state index is 0.224. The molecule has 11 nitrogen and oxygen atoms in total. The Kier molecular flexibility index (Phi) is 13.8. The molecule has 0 aliphatic heterocycles. The number of hydrogen-bond acceptors (Lipinski definition) is 8. The minimum Gasteiger partial charge on any atom is -0.491 e. The van der Waals surface area contributed by atoms with E-state index in [1.165, 1.54) is 0 Å². The molecule has 0 fully saturated rings. The monoisotopic (exact) mass is 648 g/mol. The first-order valence-corrected chi connectivity index (χ1v) is 11.6. The van der Waals surface area contributed by atoms with Crippen molar-refractivity contribution in [1.29, 1.82) is 0 Å². The van der Waals surface area contributed by atoms with Crippen LogP contribution in [0.3, 0.4) is 0 Å². The Morgan fingerprint density at radius 1 is 1.07 bits per heavy atom. The summed E-state index contributed by atoms with van der Waals surface area (Å²) in [5.74, 6) is -4.07. The molecule has 1 unspecified atom stereocenters. The van der Waals surface area contributed by atoms with E-state index in [4.69, 9.17) is 29.3 Å². The number of carboxylic acid groups (broad SMARTS) is 2. The van der Waals surface area contributed by atoms with E-state index in [1.807, 2.05) is 30.3 Å². The van der Waals surface area contributed by atoms with Gasteiger partial charge in [0.05, 0.1) is 6.61 Å². The number of benzene rings is 1. The van der Waals surface area contributed by atoms with Crippen molar-refractivity contribution in [3.8, 4) is 17.1 Å². The molecule has 1 aromatic carbocycles. The van der Waals surface area contributed by atoms with Gasteiger partial charge in [-0.1, -0.05) is 0 Å². The molecule has 5 N–H and O–H groups in total. The summed E-state index contributed by atoms with van der Waals surface area (Å²) < 4.78 is 74.9. The van der Waals surface area contributed by atoms with Crippen molar-refractivity contribution in [3.05, 3.63) is 41.0 Å². The molecule has 0 aliphatic rings. The molecule has 0 amide bonds. The number of carbonyl (C=O) groups is 2. The molecule has 2 heterocycles. The van der Waals surface area contributed by atoms with Crippen LogP contribution < -0.4 is 10.1 Å². The quantitative estimate of drug-likeness (QED) is 0.171. The number of hydrogen-bond donors (Lipinski definition) is 5. The van der Waals surface area contributed by atoms with Crippen molar-refractivity contribution in [2.24, 2.45) is 0 Å². The molecule has 0 bridgehead atoms. The number of ether oxygens (including phenoxy) is 2. The first-order valence-electron chi connectivity index (χ1n) is 10.8. The van der Waals surface area contributed by atoms with Crippen LogP contribution in [0.1, 0.15) is 0 Å². The average molecular weight is 649 g/mol. The molecule has 0 aliphatic carbocycles. The van der Waals surface area contributed by atoms with E-state index in [0.29, 0.717) is 25.4 Å². The highest BCUT2D eigenvalue weighted by Gasteiger charge is 2.38. The van der Waals surface area contributed by atoms with E-state index in [2.05, 4.69) is 36.2 Å². The molecule has 2 aromatic heterocycles. The summed E-state index contributed by atoms with van der Waals surface area (Å²) in [6, 6.07) is 9.48. The van der Waals surface area contributed by atoms with Gasteiger partial charge < -0.3 is 35.1 Å². The molecule has 0 spiro atoms. The predicted molar refractivity (Wildman–Crippen MR) is 131 cm³/mol. The molecule has 222 valence electrons. The van der Waals surface area contributed by atoms with Crippen LogP contribution in [0, 0.1) is 0 Å². The van der Waals surface area contributed by atoms with Gasteiger partial charge in [-0.05, 0) is 46.3 Å². The summed E-state index contributed by atoms with van der Waals surface area (Å²) >= 11 is 3.40. The lowest BCUT2D eigenvalue weighted by atomic mass is 10.2. The van der Waals surface area contributed by atoms with Crippen LogP contribution in [0.2, 0.25) is 0 Å². The third kappa shape index (κ3) is 13.0. The summed E-state index contributed by atoms with van der Waals surface area (Å²) in [4.78, 5) is 29.8. The second-order valence-corrected chi connectivity index (χ2v) is 8.31. The van der Waals surface area contributed by atoms with E-state index < -0.39 is 30.4 Å². The fraction of sp³-hybridized carbons (Fsp3) is 0.364. The van der Waals surface area contributed by atoms with Crippen LogP contribution in [0.5, 0.6) is 5.75 Å². The Balaban J connectivity index is 0.000000473. The number of rotatable bonds is 9. The van der Waals surface area contributed by atoms with Crippen LogP contribution in [0.25, 0.3) is 22.6 Å². The number of H-pyrrole nitrogens is 1. The summed E-state index contributed by atoms with van der Waals surface area (Å²) in [5, 5.41) is 27.2. The second kappa shape index (κ2) is 15.9. The zero-order chi connectivity index (χ0) is 30.5. The molecule has 0 saturated heterocycles. The smallest absolute Gasteiger partial charge is 0.490 e. The number of aliphatic carboxylic acids is 2. The Hall–Kier alpha value is -3.48. The number of aromatic nitrogens is 3. The Bertz CT molecular complexity index is 1200. The van der Waals surface area contributed by atoms with Crippen LogP contribution in [0.15, 0.2) is 41.0 Å². The molecule has 0 radical (unpaired) electrons. The number of carboxylic acids is 2. The van der Waals surface area contributed by atoms with Crippen LogP contribution >= 0.6 is 15.9 Å². The highest BCUT2D eigenvalue weighted by atomic mass is 79.9. The van der Waals surface area contributed by atoms with Crippen molar-refractivity contribution in [2.45, 2.75) is 18.5 Å². The molecule has 0 saturated carbocycles. The summed E-state index contributed by atoms with van der Waals surface area (Å²) in [6.45, 7) is 2.00. The maximum absolute atomic E-state index is 10.6. The van der Waals surface area contributed by atoms with Crippen LogP contribution in [0.4, 0.5) is 26.3 Å². The number of nitrogens with zero attached hydrogens (tertiary/aromatic N) is 2. The van der Waals surface area contributed by atoms with Gasteiger partial charge in [-0.15, -0.1) is 0 Å². The zero-order valence-electron chi connectivity index (χ0n) is 20.4. The molecule has 1 atom stereocenters. The van der Waals surface area contributed by atoms with E-state index in [9.17, 15) is 31.4 Å². The number of alkyl halides is 6. The SMILES string of the molecule is COCCNCC(O)COc1ccc(-c2nc3cc(Br)cnc3[nH]2)cc1.O=C(O)C(F)(F)F.O=C(O)C(F)(F)F. The first kappa shape index (κ1) is 34.5. The minimum atomic E-state index is -5.08. The predicted octanol–water partition coefficient (Wildman–Crippen LogP) is 3.63. The molecule has 3 aromatic rings. The fourth-order valence-corrected chi connectivity index (χ4v) is 2.73. The summed E-state index contributed by atoms with van der Waals surface area (Å²) in [7, 11) is 1.64. The highest BCUT2D eigenvalue weighted by Crippen LogP contribution is 2.23. The number of aliphatic hydroxyl groups is 1. The van der Waals surface area contributed by atoms with Gasteiger partial charge in [0.15, 0.2) is 5.65 Å². The highest BCUT2D eigenvalue weighted by molar-refractivity contribution is 9.10. The van der Waals surface area contributed by atoms with E-state index >= 15 is 0 Å². The van der Waals surface area contributed by atoms with Gasteiger partial charge in [-0.3, -0.25) is 0 Å². The number of imidazole rings is 1. The number of nitrogens with one attached hydrogen (secondary N) is 2. The van der Waals surface area contributed by atoms with Crippen LogP contribution in [-0.4, -0.2) is 94.1 Å². The van der Waals surface area contributed by atoms with Crippen LogP contribution in [-0.2, 0) is 14.3 Å². The molecular formula is C22H23BrF6N4O7. The second-order valence-electron chi connectivity index (χ2n) is 7.40. The maximum Gasteiger partial charge on any atom is 0.490 e. The van der Waals surface area contributed by atoms with Gasteiger partial charge in [0.2, 0.25) is 0 Å². The van der Waals surface area contributed by atoms with Gasteiger partial charge in [0.1, 0.15) is 29.8 Å². The van der Waals surface area contributed by atoms with Crippen molar-refractivity contribution >= 4 is 39.0 Å². The van der Waals surface area contributed by atoms with Gasteiger partial charge in [-0.2, -0.15) is 26.3 Å². The summed E-state index contributed by atoms with van der Waals surface area (Å²) in [5.41, 5.74) is 2.49. The molecule has 40 heavy (non-hydrogen) atoms. The largest absolute Gasteiger partial charge is 0.491 e. The number of fused-ring (bicyclic) bond motifs is 1. The van der Waals surface area contributed by atoms with Crippen molar-refractivity contribution in [2.75, 3.05) is 33.4 Å². The lowest BCUT2D eigenvalue weighted by molar-refractivity contribution is -0.193. The Labute approximate surface area is 230 Å². The zero-order valence-corrected chi connectivity index (χ0v) is 22.0. The number of aliphatic hydroxyl groups excluding tert-OH is 1. The lowest BCUT2D eigenvalue weighted by Gasteiger charge is -2.13. The Morgan fingerprint density at radius 3 is 2.12 bits per heavy atom. The van der Waals surface area contributed by atoms with Crippen molar-refractivity contribution in [3.63, 3.8) is 0 Å². The third-order valence-electron chi connectivity index (χ3n) is 4.22. The number of aromatic amines is 1. The van der Waals surface area contributed by atoms with E-state index in [1.54, 1.807) is 13.3 Å². The van der Waals surface area contributed by atoms with E-state index in [-0.39, 0.29) is 6.61 Å². The maximum atomic E-state index is 10.6. The summed E-state index contributed by atoms with van der Waals surface area (Å²) in [6.07, 6.45) is -9.01. The van der Waals surface area contributed by atoms with Crippen molar-refractivity contribution < 1.29 is 60.7 Å². The number of halogens is 7. The van der Waals surface area contributed by atoms with Gasteiger partial charge >= 0.3 is 24.3 Å². The first-order chi connectivity index (χ1) is 18.5. The van der Waals surface area contributed by atoms with Crippen molar-refractivity contribution in [1.82, 2.24) is 20.3 Å². The molecule has 18 heteroatoms.